The van der Waals surface area contributed by atoms with E-state index in [1.165, 1.54) is 6.07 Å². The lowest BCUT2D eigenvalue weighted by Gasteiger charge is -2.10. The van der Waals surface area contributed by atoms with E-state index in [1.54, 1.807) is 24.3 Å². The Bertz CT molecular complexity index is 605. The number of phenolic OH excluding ortho intramolecular Hbond substituents is 3. The van der Waals surface area contributed by atoms with Crippen molar-refractivity contribution in [2.45, 2.75) is 13.8 Å². The number of benzene rings is 2. The van der Waals surface area contributed by atoms with E-state index in [1.807, 2.05) is 26.0 Å². The Kier molecular flexibility index (Phi) is 3.47. The van der Waals surface area contributed by atoms with Gasteiger partial charge in [-0.3, -0.25) is 0 Å². The molecule has 2 rings (SSSR count). The summed E-state index contributed by atoms with van der Waals surface area (Å²) in [6.07, 6.45) is 0. The summed E-state index contributed by atoms with van der Waals surface area (Å²) in [6, 6.07) is 11.4. The van der Waals surface area contributed by atoms with Crippen molar-refractivity contribution < 1.29 is 15.3 Å². The van der Waals surface area contributed by atoms with Crippen LogP contribution in [0.25, 0.3) is 11.1 Å². The van der Waals surface area contributed by atoms with E-state index in [4.69, 9.17) is 0 Å². The van der Waals surface area contributed by atoms with Crippen molar-refractivity contribution in [2.75, 3.05) is 0 Å². The van der Waals surface area contributed by atoms with Crippen LogP contribution in [0.2, 0.25) is 0 Å². The summed E-state index contributed by atoms with van der Waals surface area (Å²) >= 11 is 0. The lowest BCUT2D eigenvalue weighted by Crippen LogP contribution is -1.86. The molecule has 0 aromatic heterocycles. The molecule has 0 saturated heterocycles. The zero-order chi connectivity index (χ0) is 14.0. The van der Waals surface area contributed by atoms with Gasteiger partial charge in [0.2, 0.25) is 0 Å². The highest BCUT2D eigenvalue weighted by Crippen LogP contribution is 2.30. The lowest BCUT2D eigenvalue weighted by atomic mass is 9.97. The summed E-state index contributed by atoms with van der Waals surface area (Å²) in [5, 5.41) is 28.3. The predicted octanol–water partition coefficient (Wildman–Crippen LogP) is 3.75. The highest BCUT2D eigenvalue weighted by molar-refractivity contribution is 5.89. The highest BCUT2D eigenvalue weighted by Gasteiger charge is 2.06. The average Bonchev–Trinajstić information content (AvgIpc) is 2.37. The molecule has 0 aliphatic carbocycles. The lowest BCUT2D eigenvalue weighted by molar-refractivity contribution is 0.450. The van der Waals surface area contributed by atoms with E-state index < -0.39 is 0 Å². The van der Waals surface area contributed by atoms with Crippen LogP contribution >= 0.6 is 0 Å². The van der Waals surface area contributed by atoms with Crippen molar-refractivity contribution in [3.63, 3.8) is 0 Å². The number of rotatable bonds is 2. The van der Waals surface area contributed by atoms with Crippen molar-refractivity contribution in [3.8, 4) is 17.2 Å². The zero-order valence-electron chi connectivity index (χ0n) is 10.9. The standard InChI is InChI=1S/C16H16O3/c1-10(12-3-5-14(17)6-4-12)11(2)13-7-15(18)9-16(19)8-13/h3-9,17-19H,1-2H3/b11-10+. The van der Waals surface area contributed by atoms with Gasteiger partial charge in [-0.05, 0) is 60.4 Å². The van der Waals surface area contributed by atoms with Crippen LogP contribution in [-0.4, -0.2) is 15.3 Å². The largest absolute Gasteiger partial charge is 0.508 e. The molecule has 0 spiro atoms. The fourth-order valence-corrected chi connectivity index (χ4v) is 1.96. The molecule has 3 heteroatoms. The third kappa shape index (κ3) is 2.88. The second-order valence-electron chi connectivity index (χ2n) is 4.53. The van der Waals surface area contributed by atoms with Crippen molar-refractivity contribution in [2.24, 2.45) is 0 Å². The SMILES string of the molecule is C/C(=C(/C)c1cc(O)cc(O)c1)c1ccc(O)cc1. The van der Waals surface area contributed by atoms with E-state index >= 15 is 0 Å². The molecule has 0 radical (unpaired) electrons. The highest BCUT2D eigenvalue weighted by atomic mass is 16.3. The molecule has 0 amide bonds. The molecule has 2 aromatic rings. The van der Waals surface area contributed by atoms with Crippen LogP contribution in [0, 0.1) is 0 Å². The van der Waals surface area contributed by atoms with Gasteiger partial charge in [0.25, 0.3) is 0 Å². The van der Waals surface area contributed by atoms with Gasteiger partial charge >= 0.3 is 0 Å². The van der Waals surface area contributed by atoms with Gasteiger partial charge in [0.1, 0.15) is 17.2 Å². The first-order valence-corrected chi connectivity index (χ1v) is 5.97. The number of allylic oxidation sites excluding steroid dienone is 2. The molecule has 0 saturated carbocycles. The molecule has 2 aromatic carbocycles. The Balaban J connectivity index is 2.48. The third-order valence-corrected chi connectivity index (χ3v) is 3.20. The average molecular weight is 256 g/mol. The summed E-state index contributed by atoms with van der Waals surface area (Å²) in [7, 11) is 0. The minimum atomic E-state index is 0.0351. The Morgan fingerprint density at radius 2 is 1.11 bits per heavy atom. The van der Waals surface area contributed by atoms with Crippen LogP contribution in [-0.2, 0) is 0 Å². The number of hydrogen-bond acceptors (Lipinski definition) is 3. The Morgan fingerprint density at radius 1 is 0.632 bits per heavy atom. The van der Waals surface area contributed by atoms with E-state index in [0.717, 1.165) is 22.3 Å². The first-order chi connectivity index (χ1) is 8.97. The molecule has 0 atom stereocenters. The van der Waals surface area contributed by atoms with Gasteiger partial charge in [0.15, 0.2) is 0 Å². The maximum absolute atomic E-state index is 9.52. The smallest absolute Gasteiger partial charge is 0.119 e. The third-order valence-electron chi connectivity index (χ3n) is 3.20. The van der Waals surface area contributed by atoms with Gasteiger partial charge in [-0.1, -0.05) is 12.1 Å². The molecule has 0 aliphatic rings. The monoisotopic (exact) mass is 256 g/mol. The molecule has 0 fully saturated rings. The molecule has 0 bridgehead atoms. The number of hydrogen-bond donors (Lipinski definition) is 3. The van der Waals surface area contributed by atoms with Crippen LogP contribution in [0.3, 0.4) is 0 Å². The maximum Gasteiger partial charge on any atom is 0.119 e. The van der Waals surface area contributed by atoms with Crippen LogP contribution < -0.4 is 0 Å². The van der Waals surface area contributed by atoms with E-state index in [2.05, 4.69) is 0 Å². The minimum Gasteiger partial charge on any atom is -0.508 e. The molecule has 19 heavy (non-hydrogen) atoms. The fourth-order valence-electron chi connectivity index (χ4n) is 1.96. The maximum atomic E-state index is 9.52. The topological polar surface area (TPSA) is 60.7 Å². The molecule has 3 nitrogen and oxygen atoms in total. The van der Waals surface area contributed by atoms with Gasteiger partial charge in [0, 0.05) is 6.07 Å². The molecule has 0 aliphatic heterocycles. The molecule has 3 N–H and O–H groups in total. The van der Waals surface area contributed by atoms with Crippen molar-refractivity contribution in [1.29, 1.82) is 0 Å². The van der Waals surface area contributed by atoms with Crippen molar-refractivity contribution in [1.82, 2.24) is 0 Å². The van der Waals surface area contributed by atoms with Gasteiger partial charge in [-0.15, -0.1) is 0 Å². The second kappa shape index (κ2) is 5.06. The Morgan fingerprint density at radius 3 is 1.63 bits per heavy atom. The Hall–Kier alpha value is -2.42. The summed E-state index contributed by atoms with van der Waals surface area (Å²) in [4.78, 5) is 0. The van der Waals surface area contributed by atoms with Crippen LogP contribution in [0.15, 0.2) is 42.5 Å². The van der Waals surface area contributed by atoms with Crippen molar-refractivity contribution >= 4 is 11.1 Å². The minimum absolute atomic E-state index is 0.0351. The summed E-state index contributed by atoms with van der Waals surface area (Å²) in [6.45, 7) is 3.89. The Labute approximate surface area is 112 Å². The molecule has 0 unspecified atom stereocenters. The van der Waals surface area contributed by atoms with Gasteiger partial charge in [-0.2, -0.15) is 0 Å². The molecule has 0 heterocycles. The number of aromatic hydroxyl groups is 3. The normalized spacial score (nSPS) is 12.1. The quantitative estimate of drug-likeness (QED) is 0.717. The zero-order valence-corrected chi connectivity index (χ0v) is 10.9. The van der Waals surface area contributed by atoms with E-state index in [9.17, 15) is 15.3 Å². The summed E-state index contributed by atoms with van der Waals surface area (Å²) in [5.41, 5.74) is 3.73. The summed E-state index contributed by atoms with van der Waals surface area (Å²) in [5.74, 6) is 0.296. The molecule has 98 valence electrons. The first-order valence-electron chi connectivity index (χ1n) is 5.97. The molecular formula is C16H16O3. The van der Waals surface area contributed by atoms with Gasteiger partial charge < -0.3 is 15.3 Å². The van der Waals surface area contributed by atoms with Gasteiger partial charge in [0.05, 0.1) is 0 Å². The first kappa shape index (κ1) is 13.0. The van der Waals surface area contributed by atoms with E-state index in [-0.39, 0.29) is 17.2 Å². The van der Waals surface area contributed by atoms with Crippen LogP contribution in [0.1, 0.15) is 25.0 Å². The van der Waals surface area contributed by atoms with E-state index in [0.29, 0.717) is 0 Å². The predicted molar refractivity (Wildman–Crippen MR) is 76.0 cm³/mol. The van der Waals surface area contributed by atoms with Gasteiger partial charge in [-0.25, -0.2) is 0 Å². The van der Waals surface area contributed by atoms with Crippen LogP contribution in [0.5, 0.6) is 17.2 Å². The fraction of sp³-hybridized carbons (Fsp3) is 0.125. The van der Waals surface area contributed by atoms with Crippen molar-refractivity contribution in [3.05, 3.63) is 53.6 Å². The van der Waals surface area contributed by atoms with Crippen LogP contribution in [0.4, 0.5) is 0 Å². The number of phenols is 3. The molecular weight excluding hydrogens is 240 g/mol. The second-order valence-corrected chi connectivity index (χ2v) is 4.53. The summed E-state index contributed by atoms with van der Waals surface area (Å²) < 4.78 is 0.